The molecule has 0 bridgehead atoms. The zero-order valence-electron chi connectivity index (χ0n) is 10.1. The number of aromatic nitrogens is 3. The van der Waals surface area contributed by atoms with Crippen LogP contribution in [0.2, 0.25) is 0 Å². The quantitative estimate of drug-likeness (QED) is 0.730. The number of hydrogen-bond acceptors (Lipinski definition) is 4. The number of Topliss-reactive ketones (excluding diaryl/α,β-unsaturated/α-hetero) is 1. The molecule has 1 aromatic rings. The zero-order valence-corrected chi connectivity index (χ0v) is 11.0. The molecule has 0 fully saturated rings. The highest BCUT2D eigenvalue weighted by Crippen LogP contribution is 2.05. The Morgan fingerprint density at radius 3 is 2.94 bits per heavy atom. The summed E-state index contributed by atoms with van der Waals surface area (Å²) in [6.07, 6.45) is 1.93. The molecule has 0 aliphatic heterocycles. The molecule has 0 aliphatic carbocycles. The summed E-state index contributed by atoms with van der Waals surface area (Å²) in [6, 6.07) is 0. The molecule has 0 saturated heterocycles. The molecule has 5 heteroatoms. The van der Waals surface area contributed by atoms with Crippen LogP contribution in [0.3, 0.4) is 0 Å². The first-order valence-corrected chi connectivity index (χ1v) is 6.75. The minimum Gasteiger partial charge on any atom is -0.298 e. The predicted molar refractivity (Wildman–Crippen MR) is 66.6 cm³/mol. The maximum atomic E-state index is 11.6. The summed E-state index contributed by atoms with van der Waals surface area (Å²) in [5.74, 6) is 3.08. The summed E-state index contributed by atoms with van der Waals surface area (Å²) >= 11 is 1.65. The third-order valence-corrected chi connectivity index (χ3v) is 2.99. The molecule has 90 valence electrons. The second-order valence-electron chi connectivity index (χ2n) is 4.10. The second kappa shape index (κ2) is 6.68. The number of thioether (sulfide) groups is 1. The van der Waals surface area contributed by atoms with Crippen molar-refractivity contribution in [2.24, 2.45) is 5.92 Å². The van der Waals surface area contributed by atoms with Gasteiger partial charge in [-0.1, -0.05) is 20.8 Å². The minimum absolute atomic E-state index is 0.227. The fourth-order valence-corrected chi connectivity index (χ4v) is 1.90. The summed E-state index contributed by atoms with van der Waals surface area (Å²) < 4.78 is 1.83. The van der Waals surface area contributed by atoms with Gasteiger partial charge in [0.1, 0.15) is 17.9 Å². The number of nitrogens with zero attached hydrogens (tertiary/aromatic N) is 3. The fourth-order valence-electron chi connectivity index (χ4n) is 1.37. The topological polar surface area (TPSA) is 47.8 Å². The smallest absolute Gasteiger partial charge is 0.150 e. The molecule has 0 atom stereocenters. The first-order chi connectivity index (χ1) is 7.63. The van der Waals surface area contributed by atoms with Gasteiger partial charge in [0.25, 0.3) is 0 Å². The van der Waals surface area contributed by atoms with Gasteiger partial charge in [-0.15, -0.1) is 0 Å². The molecule has 0 unspecified atom stereocenters. The van der Waals surface area contributed by atoms with E-state index in [0.29, 0.717) is 18.1 Å². The van der Waals surface area contributed by atoms with E-state index in [1.54, 1.807) is 11.8 Å². The van der Waals surface area contributed by atoms with E-state index in [-0.39, 0.29) is 5.78 Å². The lowest BCUT2D eigenvalue weighted by Crippen LogP contribution is -2.15. The van der Waals surface area contributed by atoms with Crippen LogP contribution >= 0.6 is 11.8 Å². The van der Waals surface area contributed by atoms with Crippen molar-refractivity contribution in [2.75, 3.05) is 11.5 Å². The van der Waals surface area contributed by atoms with Gasteiger partial charge in [-0.2, -0.15) is 16.9 Å². The van der Waals surface area contributed by atoms with E-state index >= 15 is 0 Å². The SMILES string of the molecule is CCSCC(=O)Cc1ncnn1CC(C)C. The average molecular weight is 241 g/mol. The van der Waals surface area contributed by atoms with Crippen LogP contribution in [0, 0.1) is 5.92 Å². The number of carbonyl (C=O) groups excluding carboxylic acids is 1. The molecular formula is C11H19N3OS. The molecular weight excluding hydrogens is 222 g/mol. The van der Waals surface area contributed by atoms with E-state index in [2.05, 4.69) is 30.9 Å². The van der Waals surface area contributed by atoms with Gasteiger partial charge >= 0.3 is 0 Å². The highest BCUT2D eigenvalue weighted by Gasteiger charge is 2.10. The number of hydrogen-bond donors (Lipinski definition) is 0. The second-order valence-corrected chi connectivity index (χ2v) is 5.38. The average Bonchev–Trinajstić information content (AvgIpc) is 2.62. The van der Waals surface area contributed by atoms with Crippen LogP contribution in [-0.4, -0.2) is 32.1 Å². The minimum atomic E-state index is 0.227. The lowest BCUT2D eigenvalue weighted by atomic mass is 10.2. The van der Waals surface area contributed by atoms with Crippen LogP contribution < -0.4 is 0 Å². The Hall–Kier alpha value is -0.840. The Kier molecular flexibility index (Phi) is 5.52. The molecule has 4 nitrogen and oxygen atoms in total. The van der Waals surface area contributed by atoms with E-state index in [1.165, 1.54) is 6.33 Å². The van der Waals surface area contributed by atoms with Crippen molar-refractivity contribution in [3.8, 4) is 0 Å². The first-order valence-electron chi connectivity index (χ1n) is 5.59. The summed E-state index contributed by atoms with van der Waals surface area (Å²) in [5, 5.41) is 4.14. The summed E-state index contributed by atoms with van der Waals surface area (Å²) in [6.45, 7) is 7.13. The van der Waals surface area contributed by atoms with Crippen LogP contribution in [0.5, 0.6) is 0 Å². The van der Waals surface area contributed by atoms with Gasteiger partial charge in [-0.25, -0.2) is 9.67 Å². The van der Waals surface area contributed by atoms with Gasteiger partial charge in [-0.3, -0.25) is 4.79 Å². The third kappa shape index (κ3) is 4.35. The Morgan fingerprint density at radius 2 is 2.31 bits per heavy atom. The molecule has 0 N–H and O–H groups in total. The summed E-state index contributed by atoms with van der Waals surface area (Å²) in [5.41, 5.74) is 0. The molecule has 0 spiro atoms. The molecule has 1 heterocycles. The highest BCUT2D eigenvalue weighted by molar-refractivity contribution is 7.99. The molecule has 0 aromatic carbocycles. The van der Waals surface area contributed by atoms with Crippen molar-refractivity contribution < 1.29 is 4.79 Å². The number of rotatable bonds is 7. The first kappa shape index (κ1) is 13.2. The molecule has 1 aromatic heterocycles. The van der Waals surface area contributed by atoms with Crippen LogP contribution in [0.15, 0.2) is 6.33 Å². The number of ketones is 1. The lowest BCUT2D eigenvalue weighted by molar-refractivity contribution is -0.116. The van der Waals surface area contributed by atoms with E-state index in [9.17, 15) is 4.79 Å². The van der Waals surface area contributed by atoms with Gasteiger partial charge in [0.15, 0.2) is 0 Å². The maximum absolute atomic E-state index is 11.6. The van der Waals surface area contributed by atoms with E-state index in [0.717, 1.165) is 18.1 Å². The van der Waals surface area contributed by atoms with Crippen molar-refractivity contribution in [3.05, 3.63) is 12.2 Å². The summed E-state index contributed by atoms with van der Waals surface area (Å²) in [7, 11) is 0. The van der Waals surface area contributed by atoms with Crippen LogP contribution in [0.25, 0.3) is 0 Å². The largest absolute Gasteiger partial charge is 0.298 e. The van der Waals surface area contributed by atoms with Crippen LogP contribution in [0.1, 0.15) is 26.6 Å². The van der Waals surface area contributed by atoms with Crippen molar-refractivity contribution in [2.45, 2.75) is 33.7 Å². The maximum Gasteiger partial charge on any atom is 0.150 e. The fraction of sp³-hybridized carbons (Fsp3) is 0.727. The predicted octanol–water partition coefficient (Wildman–Crippen LogP) is 1.80. The molecule has 0 aliphatic rings. The van der Waals surface area contributed by atoms with Gasteiger partial charge < -0.3 is 0 Å². The van der Waals surface area contributed by atoms with E-state index in [1.807, 2.05) is 4.68 Å². The molecule has 0 amide bonds. The van der Waals surface area contributed by atoms with E-state index < -0.39 is 0 Å². The van der Waals surface area contributed by atoms with Crippen molar-refractivity contribution in [1.82, 2.24) is 14.8 Å². The molecule has 1 rings (SSSR count). The van der Waals surface area contributed by atoms with Gasteiger partial charge in [-0.05, 0) is 11.7 Å². The monoisotopic (exact) mass is 241 g/mol. The zero-order chi connectivity index (χ0) is 12.0. The van der Waals surface area contributed by atoms with Crippen molar-refractivity contribution >= 4 is 17.5 Å². The summed E-state index contributed by atoms with van der Waals surface area (Å²) in [4.78, 5) is 15.7. The molecule has 16 heavy (non-hydrogen) atoms. The molecule has 0 radical (unpaired) electrons. The lowest BCUT2D eigenvalue weighted by Gasteiger charge is -2.07. The Bertz CT molecular complexity index is 336. The van der Waals surface area contributed by atoms with Crippen LogP contribution in [0.4, 0.5) is 0 Å². The van der Waals surface area contributed by atoms with Crippen molar-refractivity contribution in [3.63, 3.8) is 0 Å². The van der Waals surface area contributed by atoms with Gasteiger partial charge in [0, 0.05) is 6.54 Å². The third-order valence-electron chi connectivity index (χ3n) is 2.06. The van der Waals surface area contributed by atoms with Gasteiger partial charge in [0.2, 0.25) is 0 Å². The number of carbonyl (C=O) groups is 1. The molecule has 0 saturated carbocycles. The standard InChI is InChI=1S/C11H19N3OS/c1-4-16-7-10(15)5-11-12-8-13-14(11)6-9(2)3/h8-9H,4-7H2,1-3H3. The van der Waals surface area contributed by atoms with Gasteiger partial charge in [0.05, 0.1) is 12.2 Å². The Balaban J connectivity index is 2.52. The van der Waals surface area contributed by atoms with Crippen molar-refractivity contribution in [1.29, 1.82) is 0 Å². The Labute approximate surface area is 101 Å². The Morgan fingerprint density at radius 1 is 1.56 bits per heavy atom. The van der Waals surface area contributed by atoms with Crippen LogP contribution in [-0.2, 0) is 17.8 Å². The van der Waals surface area contributed by atoms with E-state index in [4.69, 9.17) is 0 Å². The highest BCUT2D eigenvalue weighted by atomic mass is 32.2. The normalized spacial score (nSPS) is 11.0.